The van der Waals surface area contributed by atoms with Crippen molar-refractivity contribution in [3.63, 3.8) is 0 Å². The summed E-state index contributed by atoms with van der Waals surface area (Å²) in [5.74, 6) is -0.370. The van der Waals surface area contributed by atoms with Crippen molar-refractivity contribution in [3.8, 4) is 5.75 Å². The Balaban J connectivity index is 3.33. The molecule has 66 valence electrons. The van der Waals surface area contributed by atoms with Gasteiger partial charge in [-0.1, -0.05) is 0 Å². The largest absolute Gasteiger partial charge is 0.506 e. The Hall–Kier alpha value is -1.27. The summed E-state index contributed by atoms with van der Waals surface area (Å²) in [5, 5.41) is 8.96. The van der Waals surface area contributed by atoms with Gasteiger partial charge in [-0.3, -0.25) is 4.55 Å². The fourth-order valence-electron chi connectivity index (χ4n) is 0.684. The number of rotatable bonds is 1. The smallest absolute Gasteiger partial charge is 0.294 e. The first-order valence-corrected chi connectivity index (χ1v) is 4.41. The lowest BCUT2D eigenvalue weighted by molar-refractivity contribution is 0.468. The molecule has 0 bridgehead atoms. The van der Waals surface area contributed by atoms with E-state index in [0.29, 0.717) is 0 Å². The summed E-state index contributed by atoms with van der Waals surface area (Å²) in [6, 6.07) is 3.17. The van der Waals surface area contributed by atoms with Crippen LogP contribution in [0.2, 0.25) is 0 Å². The van der Waals surface area contributed by atoms with Crippen LogP contribution < -0.4 is 5.73 Å². The van der Waals surface area contributed by atoms with E-state index in [-0.39, 0.29) is 16.3 Å². The van der Waals surface area contributed by atoms with E-state index in [9.17, 15) is 8.42 Å². The Kier molecular flexibility index (Phi) is 1.95. The number of benzene rings is 1. The zero-order chi connectivity index (χ0) is 9.35. The number of hydrogen-bond donors (Lipinski definition) is 3. The molecular weight excluding hydrogens is 182 g/mol. The van der Waals surface area contributed by atoms with Gasteiger partial charge in [0.1, 0.15) is 5.75 Å². The molecule has 12 heavy (non-hydrogen) atoms. The van der Waals surface area contributed by atoms with Crippen molar-refractivity contribution in [1.82, 2.24) is 0 Å². The van der Waals surface area contributed by atoms with Gasteiger partial charge in [-0.05, 0) is 12.1 Å². The number of anilines is 1. The van der Waals surface area contributed by atoms with Crippen LogP contribution in [0.1, 0.15) is 0 Å². The van der Waals surface area contributed by atoms with Crippen molar-refractivity contribution < 1.29 is 18.1 Å². The summed E-state index contributed by atoms with van der Waals surface area (Å²) < 4.78 is 29.5. The second kappa shape index (κ2) is 2.65. The average molecular weight is 189 g/mol. The van der Waals surface area contributed by atoms with Crippen LogP contribution in [-0.2, 0) is 10.1 Å². The molecule has 0 saturated carbocycles. The first-order valence-electron chi connectivity index (χ1n) is 2.97. The molecule has 0 amide bonds. The van der Waals surface area contributed by atoms with Crippen LogP contribution in [0, 0.1) is 0 Å². The Morgan fingerprint density at radius 1 is 1.33 bits per heavy atom. The fraction of sp³-hybridized carbons (Fsp3) is 0. The number of nitrogen functional groups attached to an aromatic ring is 1. The summed E-state index contributed by atoms with van der Waals surface area (Å²) in [5.41, 5.74) is 5.26. The molecule has 1 aromatic carbocycles. The molecule has 1 aromatic rings. The van der Waals surface area contributed by atoms with Crippen LogP contribution in [-0.4, -0.2) is 18.1 Å². The lowest BCUT2D eigenvalue weighted by Gasteiger charge is -1.99. The molecule has 0 aliphatic rings. The molecule has 0 aliphatic carbocycles. The molecule has 0 spiro atoms. The maximum absolute atomic E-state index is 10.5. The Morgan fingerprint density at radius 2 is 1.92 bits per heavy atom. The zero-order valence-electron chi connectivity index (χ0n) is 5.93. The number of phenolic OH excluding ortho intramolecular Hbond substituents is 1. The molecule has 4 N–H and O–H groups in total. The number of nitrogens with two attached hydrogens (primary N) is 1. The lowest BCUT2D eigenvalue weighted by atomic mass is 10.3. The highest BCUT2D eigenvalue weighted by Crippen LogP contribution is 2.22. The normalized spacial score (nSPS) is 11.4. The van der Waals surface area contributed by atoms with Gasteiger partial charge in [0.15, 0.2) is 0 Å². The van der Waals surface area contributed by atoms with Gasteiger partial charge >= 0.3 is 0 Å². The van der Waals surface area contributed by atoms with Crippen LogP contribution in [0.25, 0.3) is 0 Å². The molecule has 0 aliphatic heterocycles. The van der Waals surface area contributed by atoms with Crippen LogP contribution >= 0.6 is 0 Å². The highest BCUT2D eigenvalue weighted by atomic mass is 32.2. The maximum Gasteiger partial charge on any atom is 0.294 e. The van der Waals surface area contributed by atoms with Gasteiger partial charge in [0, 0.05) is 6.07 Å². The van der Waals surface area contributed by atoms with Gasteiger partial charge < -0.3 is 10.8 Å². The molecule has 0 aromatic heterocycles. The van der Waals surface area contributed by atoms with Gasteiger partial charge in [-0.2, -0.15) is 8.42 Å². The predicted octanol–water partition coefficient (Wildman–Crippen LogP) is 0.221. The Bertz CT molecular complexity index is 398. The second-order valence-electron chi connectivity index (χ2n) is 2.20. The van der Waals surface area contributed by atoms with E-state index < -0.39 is 10.1 Å². The van der Waals surface area contributed by atoms with E-state index in [1.807, 2.05) is 0 Å². The van der Waals surface area contributed by atoms with Crippen molar-refractivity contribution in [2.75, 3.05) is 5.73 Å². The third-order valence-electron chi connectivity index (χ3n) is 1.30. The Morgan fingerprint density at radius 3 is 2.33 bits per heavy atom. The highest BCUT2D eigenvalue weighted by molar-refractivity contribution is 7.85. The molecule has 0 radical (unpaired) electrons. The first-order chi connectivity index (χ1) is 5.41. The minimum Gasteiger partial charge on any atom is -0.506 e. The summed E-state index contributed by atoms with van der Waals surface area (Å²) in [6.45, 7) is 0. The van der Waals surface area contributed by atoms with Crippen LogP contribution in [0.5, 0.6) is 5.75 Å². The van der Waals surface area contributed by atoms with E-state index in [1.54, 1.807) is 0 Å². The summed E-state index contributed by atoms with van der Waals surface area (Å²) >= 11 is 0. The quantitative estimate of drug-likeness (QED) is 0.333. The lowest BCUT2D eigenvalue weighted by Crippen LogP contribution is -1.98. The van der Waals surface area contributed by atoms with E-state index in [2.05, 4.69) is 0 Å². The standard InChI is InChI=1S/C6H7NO4S/c7-5-2-1-4(3-6(5)8)12(9,10)11/h1-3,8H,7H2,(H,9,10,11). The minimum absolute atomic E-state index is 0.0578. The van der Waals surface area contributed by atoms with E-state index in [1.165, 1.54) is 6.07 Å². The van der Waals surface area contributed by atoms with Crippen LogP contribution in [0.3, 0.4) is 0 Å². The van der Waals surface area contributed by atoms with Crippen molar-refractivity contribution >= 4 is 15.8 Å². The topological polar surface area (TPSA) is 101 Å². The van der Waals surface area contributed by atoms with Crippen molar-refractivity contribution in [2.24, 2.45) is 0 Å². The van der Waals surface area contributed by atoms with E-state index >= 15 is 0 Å². The summed E-state index contributed by atoms with van der Waals surface area (Å²) in [4.78, 5) is -0.380. The molecular formula is C6H7NO4S. The second-order valence-corrected chi connectivity index (χ2v) is 3.62. The van der Waals surface area contributed by atoms with Crippen LogP contribution in [0.15, 0.2) is 23.1 Å². The molecule has 1 rings (SSSR count). The number of phenols is 1. The number of hydrogen-bond acceptors (Lipinski definition) is 4. The molecule has 0 unspecified atom stereocenters. The first kappa shape index (κ1) is 8.82. The van der Waals surface area contributed by atoms with Gasteiger partial charge in [-0.25, -0.2) is 0 Å². The summed E-state index contributed by atoms with van der Waals surface area (Å²) in [6.07, 6.45) is 0. The van der Waals surface area contributed by atoms with Gasteiger partial charge in [0.25, 0.3) is 10.1 Å². The molecule has 0 fully saturated rings. The van der Waals surface area contributed by atoms with E-state index in [4.69, 9.17) is 15.4 Å². The van der Waals surface area contributed by atoms with Crippen molar-refractivity contribution in [2.45, 2.75) is 4.90 Å². The van der Waals surface area contributed by atoms with E-state index in [0.717, 1.165) is 12.1 Å². The van der Waals surface area contributed by atoms with Crippen molar-refractivity contribution in [3.05, 3.63) is 18.2 Å². The third kappa shape index (κ3) is 1.66. The minimum atomic E-state index is -4.26. The molecule has 0 saturated heterocycles. The monoisotopic (exact) mass is 189 g/mol. The third-order valence-corrected chi connectivity index (χ3v) is 2.15. The maximum atomic E-state index is 10.5. The van der Waals surface area contributed by atoms with Gasteiger partial charge in [-0.15, -0.1) is 0 Å². The van der Waals surface area contributed by atoms with Gasteiger partial charge in [0.05, 0.1) is 10.6 Å². The van der Waals surface area contributed by atoms with Crippen molar-refractivity contribution in [1.29, 1.82) is 0 Å². The zero-order valence-corrected chi connectivity index (χ0v) is 6.75. The summed E-state index contributed by atoms with van der Waals surface area (Å²) in [7, 11) is -4.26. The highest BCUT2D eigenvalue weighted by Gasteiger charge is 2.10. The average Bonchev–Trinajstić information content (AvgIpc) is 1.92. The van der Waals surface area contributed by atoms with Crippen LogP contribution in [0.4, 0.5) is 5.69 Å². The van der Waals surface area contributed by atoms with Gasteiger partial charge in [0.2, 0.25) is 0 Å². The Labute approximate surface area is 69.2 Å². The number of aromatic hydroxyl groups is 1. The molecule has 0 atom stereocenters. The predicted molar refractivity (Wildman–Crippen MR) is 42.3 cm³/mol. The molecule has 0 heterocycles. The molecule has 5 nitrogen and oxygen atoms in total. The SMILES string of the molecule is Nc1ccc(S(=O)(=O)O)cc1O. The fourth-order valence-corrected chi connectivity index (χ4v) is 1.18. The molecule has 6 heteroatoms.